The summed E-state index contributed by atoms with van der Waals surface area (Å²) in [6, 6.07) is 4.71. The first-order chi connectivity index (χ1) is 11.1. The van der Waals surface area contributed by atoms with Crippen LogP contribution in [0.3, 0.4) is 0 Å². The monoisotopic (exact) mass is 333 g/mol. The van der Waals surface area contributed by atoms with Gasteiger partial charge in [-0.15, -0.1) is 0 Å². The SMILES string of the molecule is CCc1oc2c(C)cc(F)cc2c1CCNc1cc(Cl)ncn1. The lowest BCUT2D eigenvalue weighted by Crippen LogP contribution is -2.07. The van der Waals surface area contributed by atoms with Crippen LogP contribution in [0.1, 0.15) is 23.8 Å². The minimum atomic E-state index is -0.241. The van der Waals surface area contributed by atoms with Crippen molar-refractivity contribution in [3.63, 3.8) is 0 Å². The molecule has 0 spiro atoms. The van der Waals surface area contributed by atoms with Crippen molar-refractivity contribution in [2.45, 2.75) is 26.7 Å². The Morgan fingerprint density at radius 1 is 1.26 bits per heavy atom. The number of hydrogen-bond donors (Lipinski definition) is 1. The molecule has 0 unspecified atom stereocenters. The van der Waals surface area contributed by atoms with Crippen molar-refractivity contribution in [3.8, 4) is 0 Å². The van der Waals surface area contributed by atoms with Crippen molar-refractivity contribution in [3.05, 3.63) is 52.4 Å². The van der Waals surface area contributed by atoms with Gasteiger partial charge in [0.25, 0.3) is 0 Å². The number of anilines is 1. The number of nitrogens with one attached hydrogen (secondary N) is 1. The maximum atomic E-state index is 13.7. The highest BCUT2D eigenvalue weighted by molar-refractivity contribution is 6.29. The predicted octanol–water partition coefficient (Wildman–Crippen LogP) is 4.54. The molecule has 6 heteroatoms. The molecular weight excluding hydrogens is 317 g/mol. The molecule has 23 heavy (non-hydrogen) atoms. The van der Waals surface area contributed by atoms with E-state index in [0.717, 1.165) is 34.3 Å². The highest BCUT2D eigenvalue weighted by Crippen LogP contribution is 2.30. The fraction of sp³-hybridized carbons (Fsp3) is 0.294. The summed E-state index contributed by atoms with van der Waals surface area (Å²) in [5.74, 6) is 1.32. The topological polar surface area (TPSA) is 51.0 Å². The minimum Gasteiger partial charge on any atom is -0.461 e. The van der Waals surface area contributed by atoms with Gasteiger partial charge >= 0.3 is 0 Å². The third-order valence-corrected chi connectivity index (χ3v) is 3.97. The van der Waals surface area contributed by atoms with Gasteiger partial charge in [0.15, 0.2) is 0 Å². The fourth-order valence-corrected chi connectivity index (χ4v) is 2.88. The van der Waals surface area contributed by atoms with Crippen molar-refractivity contribution in [1.29, 1.82) is 0 Å². The van der Waals surface area contributed by atoms with Crippen LogP contribution in [0.4, 0.5) is 10.2 Å². The molecule has 4 nitrogen and oxygen atoms in total. The summed E-state index contributed by atoms with van der Waals surface area (Å²) in [6.45, 7) is 4.54. The molecule has 0 aliphatic carbocycles. The van der Waals surface area contributed by atoms with Crippen LogP contribution in [0.15, 0.2) is 28.9 Å². The molecule has 0 amide bonds. The van der Waals surface area contributed by atoms with E-state index in [1.54, 1.807) is 12.1 Å². The van der Waals surface area contributed by atoms with Crippen LogP contribution in [0.25, 0.3) is 11.0 Å². The Bertz CT molecular complexity index is 847. The van der Waals surface area contributed by atoms with Crippen LogP contribution in [-0.4, -0.2) is 16.5 Å². The van der Waals surface area contributed by atoms with Gasteiger partial charge < -0.3 is 9.73 Å². The summed E-state index contributed by atoms with van der Waals surface area (Å²) in [5, 5.41) is 4.44. The van der Waals surface area contributed by atoms with Crippen LogP contribution in [0.5, 0.6) is 0 Å². The number of rotatable bonds is 5. The summed E-state index contributed by atoms with van der Waals surface area (Å²) in [6.07, 6.45) is 2.89. The van der Waals surface area contributed by atoms with E-state index in [4.69, 9.17) is 16.0 Å². The first kappa shape index (κ1) is 15.7. The zero-order valence-corrected chi connectivity index (χ0v) is 13.7. The van der Waals surface area contributed by atoms with Crippen LogP contribution < -0.4 is 5.32 Å². The van der Waals surface area contributed by atoms with Crippen molar-refractivity contribution < 1.29 is 8.81 Å². The number of furan rings is 1. The van der Waals surface area contributed by atoms with E-state index in [1.165, 1.54) is 12.4 Å². The predicted molar refractivity (Wildman–Crippen MR) is 89.5 cm³/mol. The molecule has 0 aliphatic rings. The summed E-state index contributed by atoms with van der Waals surface area (Å²) >= 11 is 5.84. The third-order valence-electron chi connectivity index (χ3n) is 3.76. The van der Waals surface area contributed by atoms with Gasteiger partial charge in [-0.1, -0.05) is 18.5 Å². The fourth-order valence-electron chi connectivity index (χ4n) is 2.73. The quantitative estimate of drug-likeness (QED) is 0.696. The minimum absolute atomic E-state index is 0.241. The van der Waals surface area contributed by atoms with Crippen molar-refractivity contribution >= 4 is 28.4 Å². The van der Waals surface area contributed by atoms with Crippen molar-refractivity contribution in [2.75, 3.05) is 11.9 Å². The van der Waals surface area contributed by atoms with E-state index in [-0.39, 0.29) is 5.82 Å². The number of fused-ring (bicyclic) bond motifs is 1. The van der Waals surface area contributed by atoms with Gasteiger partial charge in [-0.2, -0.15) is 0 Å². The van der Waals surface area contributed by atoms with Gasteiger partial charge in [-0.25, -0.2) is 14.4 Å². The number of aryl methyl sites for hydroxylation is 2. The van der Waals surface area contributed by atoms with Crippen molar-refractivity contribution in [1.82, 2.24) is 9.97 Å². The molecule has 0 atom stereocenters. The van der Waals surface area contributed by atoms with Gasteiger partial charge in [0.05, 0.1) is 0 Å². The largest absolute Gasteiger partial charge is 0.461 e. The smallest absolute Gasteiger partial charge is 0.137 e. The van der Waals surface area contributed by atoms with Crippen LogP contribution in [0.2, 0.25) is 5.15 Å². The third kappa shape index (κ3) is 3.29. The molecule has 0 aliphatic heterocycles. The molecule has 2 aromatic heterocycles. The zero-order chi connectivity index (χ0) is 16.4. The summed E-state index contributed by atoms with van der Waals surface area (Å²) in [4.78, 5) is 7.94. The first-order valence-corrected chi connectivity index (χ1v) is 7.88. The number of hydrogen-bond acceptors (Lipinski definition) is 4. The molecular formula is C17H17ClFN3O. The van der Waals surface area contributed by atoms with Gasteiger partial charge in [-0.3, -0.25) is 0 Å². The molecule has 0 fully saturated rings. The molecule has 0 saturated carbocycles. The molecule has 0 saturated heterocycles. The van der Waals surface area contributed by atoms with Crippen LogP contribution in [-0.2, 0) is 12.8 Å². The lowest BCUT2D eigenvalue weighted by Gasteiger charge is -2.06. The van der Waals surface area contributed by atoms with E-state index in [2.05, 4.69) is 15.3 Å². The summed E-state index contributed by atoms with van der Waals surface area (Å²) in [7, 11) is 0. The van der Waals surface area contributed by atoms with Gasteiger partial charge in [0.2, 0.25) is 0 Å². The standard InChI is InChI=1S/C17H17ClFN3O/c1-3-14-12(4-5-20-16-8-15(18)21-9-22-16)13-7-11(19)6-10(2)17(13)23-14/h6-9H,3-5H2,1-2H3,(H,20,21,22). The molecule has 3 rings (SSSR count). The van der Waals surface area contributed by atoms with Gasteiger partial charge in [-0.05, 0) is 31.0 Å². The number of halogens is 2. The second kappa shape index (κ2) is 6.54. The molecule has 0 radical (unpaired) electrons. The maximum absolute atomic E-state index is 13.7. The Balaban J connectivity index is 1.84. The number of aromatic nitrogens is 2. The molecule has 0 bridgehead atoms. The van der Waals surface area contributed by atoms with Crippen molar-refractivity contribution in [2.24, 2.45) is 0 Å². The van der Waals surface area contributed by atoms with Gasteiger partial charge in [0, 0.05) is 30.0 Å². The number of nitrogens with zero attached hydrogens (tertiary/aromatic N) is 2. The van der Waals surface area contributed by atoms with E-state index in [1.807, 2.05) is 13.8 Å². The normalized spacial score (nSPS) is 11.1. The van der Waals surface area contributed by atoms with E-state index < -0.39 is 0 Å². The lowest BCUT2D eigenvalue weighted by molar-refractivity contribution is 0.547. The van der Waals surface area contributed by atoms with Crippen LogP contribution in [0, 0.1) is 12.7 Å². The summed E-state index contributed by atoms with van der Waals surface area (Å²) in [5.41, 5.74) is 2.62. The second-order valence-electron chi connectivity index (χ2n) is 5.36. The molecule has 120 valence electrons. The molecule has 1 N–H and O–H groups in total. The Hall–Kier alpha value is -2.14. The zero-order valence-electron chi connectivity index (χ0n) is 13.0. The van der Waals surface area contributed by atoms with Crippen LogP contribution >= 0.6 is 11.6 Å². The Kier molecular flexibility index (Phi) is 4.48. The molecule has 3 aromatic rings. The average molecular weight is 334 g/mol. The Labute approximate surface area is 138 Å². The molecule has 1 aromatic carbocycles. The summed E-state index contributed by atoms with van der Waals surface area (Å²) < 4.78 is 19.6. The van der Waals surface area contributed by atoms with E-state index in [9.17, 15) is 4.39 Å². The van der Waals surface area contributed by atoms with E-state index >= 15 is 0 Å². The Morgan fingerprint density at radius 3 is 2.83 bits per heavy atom. The highest BCUT2D eigenvalue weighted by atomic mass is 35.5. The second-order valence-corrected chi connectivity index (χ2v) is 5.75. The maximum Gasteiger partial charge on any atom is 0.137 e. The van der Waals surface area contributed by atoms with E-state index in [0.29, 0.717) is 23.9 Å². The molecule has 2 heterocycles. The number of benzene rings is 1. The highest BCUT2D eigenvalue weighted by Gasteiger charge is 2.15. The lowest BCUT2D eigenvalue weighted by atomic mass is 10.0. The average Bonchev–Trinajstić information content (AvgIpc) is 2.86. The first-order valence-electron chi connectivity index (χ1n) is 7.50. The van der Waals surface area contributed by atoms with Gasteiger partial charge in [0.1, 0.15) is 34.5 Å². The Morgan fingerprint density at radius 2 is 2.09 bits per heavy atom.